The second-order valence-corrected chi connectivity index (χ2v) is 15.1. The van der Waals surface area contributed by atoms with Crippen molar-refractivity contribution in [1.29, 1.82) is 0 Å². The van der Waals surface area contributed by atoms with Crippen LogP contribution in [-0.2, 0) is 0 Å². The van der Waals surface area contributed by atoms with Gasteiger partial charge in [-0.2, -0.15) is 0 Å². The van der Waals surface area contributed by atoms with Gasteiger partial charge in [0.05, 0.1) is 0 Å². The van der Waals surface area contributed by atoms with Crippen molar-refractivity contribution in [1.82, 2.24) is 0 Å². The lowest BCUT2D eigenvalue weighted by Gasteiger charge is -2.24. The second kappa shape index (κ2) is 12.1. The van der Waals surface area contributed by atoms with Gasteiger partial charge in [0.25, 0.3) is 0 Å². The van der Waals surface area contributed by atoms with E-state index >= 15 is 0 Å². The highest BCUT2D eigenvalue weighted by atomic mass is 14.3. The van der Waals surface area contributed by atoms with Crippen molar-refractivity contribution >= 4 is 53.9 Å². The van der Waals surface area contributed by atoms with E-state index in [1.165, 1.54) is 121 Å². The van der Waals surface area contributed by atoms with E-state index < -0.39 is 0 Å². The number of hydrogen-bond acceptors (Lipinski definition) is 0. The molecule has 1 aliphatic rings. The molecule has 0 nitrogen and oxygen atoms in total. The molecular formula is C56H34. The molecule has 11 aromatic carbocycles. The highest BCUT2D eigenvalue weighted by molar-refractivity contribution is 6.25. The minimum absolute atomic E-state index is 1.22. The Bertz CT molecular complexity index is 3350. The van der Waals surface area contributed by atoms with Crippen molar-refractivity contribution in [2.45, 2.75) is 0 Å². The zero-order valence-electron chi connectivity index (χ0n) is 30.6. The van der Waals surface area contributed by atoms with E-state index in [1.807, 2.05) is 0 Å². The third kappa shape index (κ3) is 4.54. The predicted octanol–water partition coefficient (Wildman–Crippen LogP) is 15.8. The molecule has 56 heavy (non-hydrogen) atoms. The van der Waals surface area contributed by atoms with E-state index in [-0.39, 0.29) is 0 Å². The van der Waals surface area contributed by atoms with Gasteiger partial charge in [-0.1, -0.05) is 188 Å². The second-order valence-electron chi connectivity index (χ2n) is 15.1. The molecule has 0 N–H and O–H groups in total. The standard InChI is InChI=1S/C56H34/c1-2-15-36-33-53-37(32-35(36)14-1)28-30-46-44(53)26-13-27-48(46)56-51-24-11-9-22-49(51)55(50-23-10-12-25-52(50)56)38-29-31-47-43-20-6-5-18-41(43)39-16-3-4-17-40(39)42-19-7-8-21-45(42)54(47)34-38/h1-34H. The molecule has 0 aliphatic heterocycles. The Morgan fingerprint density at radius 2 is 0.607 bits per heavy atom. The average molecular weight is 707 g/mol. The molecule has 258 valence electrons. The Morgan fingerprint density at radius 1 is 0.179 bits per heavy atom. The van der Waals surface area contributed by atoms with Crippen molar-refractivity contribution in [3.8, 4) is 66.8 Å². The van der Waals surface area contributed by atoms with Gasteiger partial charge >= 0.3 is 0 Å². The van der Waals surface area contributed by atoms with Crippen molar-refractivity contribution in [3.05, 3.63) is 206 Å². The summed E-state index contributed by atoms with van der Waals surface area (Å²) in [4.78, 5) is 0. The Hall–Kier alpha value is -7.28. The number of fused-ring (bicyclic) bond motifs is 14. The molecule has 0 heteroatoms. The van der Waals surface area contributed by atoms with Crippen LogP contribution in [0.3, 0.4) is 0 Å². The van der Waals surface area contributed by atoms with E-state index in [9.17, 15) is 0 Å². The van der Waals surface area contributed by atoms with Crippen molar-refractivity contribution in [2.24, 2.45) is 0 Å². The van der Waals surface area contributed by atoms with E-state index in [2.05, 4.69) is 206 Å². The molecule has 11 aromatic rings. The van der Waals surface area contributed by atoms with Crippen LogP contribution in [0.2, 0.25) is 0 Å². The van der Waals surface area contributed by atoms with Crippen molar-refractivity contribution < 1.29 is 0 Å². The fourth-order valence-electron chi connectivity index (χ4n) is 9.75. The molecule has 0 radical (unpaired) electrons. The van der Waals surface area contributed by atoms with Crippen LogP contribution in [0.15, 0.2) is 206 Å². The van der Waals surface area contributed by atoms with Crippen LogP contribution in [0.5, 0.6) is 0 Å². The first-order chi connectivity index (χ1) is 27.8. The molecule has 0 saturated carbocycles. The summed E-state index contributed by atoms with van der Waals surface area (Å²) in [6.45, 7) is 0. The lowest BCUT2D eigenvalue weighted by atomic mass is 9.79. The van der Waals surface area contributed by atoms with Gasteiger partial charge in [-0.05, 0) is 139 Å². The summed E-state index contributed by atoms with van der Waals surface area (Å²) in [5, 5.41) is 12.7. The van der Waals surface area contributed by atoms with Gasteiger partial charge in [-0.15, -0.1) is 0 Å². The summed E-state index contributed by atoms with van der Waals surface area (Å²) in [6.07, 6.45) is 0. The topological polar surface area (TPSA) is 0 Å². The third-order valence-corrected chi connectivity index (χ3v) is 12.2. The van der Waals surface area contributed by atoms with Crippen LogP contribution in [0.25, 0.3) is 121 Å². The molecule has 1 aliphatic carbocycles. The lowest BCUT2D eigenvalue weighted by Crippen LogP contribution is -1.98. The molecule has 0 spiro atoms. The van der Waals surface area contributed by atoms with Gasteiger partial charge in [0.1, 0.15) is 0 Å². The van der Waals surface area contributed by atoms with E-state index in [1.54, 1.807) is 0 Å². The summed E-state index contributed by atoms with van der Waals surface area (Å²) >= 11 is 0. The van der Waals surface area contributed by atoms with Crippen LogP contribution in [0.4, 0.5) is 0 Å². The summed E-state index contributed by atoms with van der Waals surface area (Å²) in [7, 11) is 0. The summed E-state index contributed by atoms with van der Waals surface area (Å²) in [5.41, 5.74) is 15.1. The summed E-state index contributed by atoms with van der Waals surface area (Å²) in [5.74, 6) is 0. The molecule has 0 saturated heterocycles. The SMILES string of the molecule is c1ccc2c(c1)-c1ccccc1-c1ccc(-c3c4ccccc4c(-c4cccc5c4ccc4cc6ccccc6cc45)c4ccccc34)cc1-c1ccccc1-2. The van der Waals surface area contributed by atoms with Crippen molar-refractivity contribution in [3.63, 3.8) is 0 Å². The highest BCUT2D eigenvalue weighted by Gasteiger charge is 2.24. The zero-order chi connectivity index (χ0) is 36.7. The summed E-state index contributed by atoms with van der Waals surface area (Å²) in [6, 6.07) is 76.8. The van der Waals surface area contributed by atoms with Crippen LogP contribution in [0, 0.1) is 0 Å². The molecule has 12 rings (SSSR count). The smallest absolute Gasteiger partial charge is 0.00201 e. The van der Waals surface area contributed by atoms with Gasteiger partial charge in [0.15, 0.2) is 0 Å². The lowest BCUT2D eigenvalue weighted by molar-refractivity contribution is 1.52. The quantitative estimate of drug-likeness (QED) is 0.124. The van der Waals surface area contributed by atoms with Gasteiger partial charge in [0.2, 0.25) is 0 Å². The van der Waals surface area contributed by atoms with Crippen molar-refractivity contribution in [2.75, 3.05) is 0 Å². The Morgan fingerprint density at radius 3 is 1.18 bits per heavy atom. The molecule has 0 fully saturated rings. The Kier molecular flexibility index (Phi) is 6.73. The van der Waals surface area contributed by atoms with E-state index in [0.29, 0.717) is 0 Å². The predicted molar refractivity (Wildman–Crippen MR) is 240 cm³/mol. The average Bonchev–Trinajstić information content (AvgIpc) is 3.26. The molecule has 0 unspecified atom stereocenters. The van der Waals surface area contributed by atoms with Gasteiger partial charge < -0.3 is 0 Å². The third-order valence-electron chi connectivity index (χ3n) is 12.2. The normalized spacial score (nSPS) is 11.9. The maximum absolute atomic E-state index is 2.46. The largest absolute Gasteiger partial charge is 0.0616 e. The zero-order valence-corrected chi connectivity index (χ0v) is 30.6. The number of benzene rings is 11. The monoisotopic (exact) mass is 706 g/mol. The Balaban J connectivity index is 1.14. The van der Waals surface area contributed by atoms with Crippen LogP contribution in [-0.4, -0.2) is 0 Å². The minimum Gasteiger partial charge on any atom is -0.0616 e. The van der Waals surface area contributed by atoms with E-state index in [4.69, 9.17) is 0 Å². The summed E-state index contributed by atoms with van der Waals surface area (Å²) < 4.78 is 0. The maximum atomic E-state index is 2.46. The van der Waals surface area contributed by atoms with Gasteiger partial charge in [0, 0.05) is 0 Å². The molecule has 0 bridgehead atoms. The highest BCUT2D eigenvalue weighted by Crippen LogP contribution is 2.51. The van der Waals surface area contributed by atoms with Crippen LogP contribution in [0.1, 0.15) is 0 Å². The van der Waals surface area contributed by atoms with Crippen LogP contribution < -0.4 is 0 Å². The number of hydrogen-bond donors (Lipinski definition) is 0. The fraction of sp³-hybridized carbons (Fsp3) is 0. The minimum atomic E-state index is 1.22. The molecule has 0 atom stereocenters. The maximum Gasteiger partial charge on any atom is -0.00201 e. The fourth-order valence-corrected chi connectivity index (χ4v) is 9.75. The number of rotatable bonds is 2. The molecule has 0 amide bonds. The van der Waals surface area contributed by atoms with E-state index in [0.717, 1.165) is 0 Å². The first-order valence-electron chi connectivity index (χ1n) is 19.5. The first kappa shape index (κ1) is 31.1. The Labute approximate surface area is 325 Å². The first-order valence-corrected chi connectivity index (χ1v) is 19.5. The van der Waals surface area contributed by atoms with Gasteiger partial charge in [-0.3, -0.25) is 0 Å². The van der Waals surface area contributed by atoms with Gasteiger partial charge in [-0.25, -0.2) is 0 Å². The molecule has 0 heterocycles. The van der Waals surface area contributed by atoms with Crippen LogP contribution >= 0.6 is 0 Å². The molecular weight excluding hydrogens is 673 g/mol. The molecule has 0 aromatic heterocycles.